The Kier molecular flexibility index (Phi) is 6.87. The third kappa shape index (κ3) is 4.10. The maximum atomic E-state index is 12.4. The molecular weight excluding hydrogens is 484 g/mol. The fourth-order valence-electron chi connectivity index (χ4n) is 8.28. The Hall–Kier alpha value is -1.75. The highest BCUT2D eigenvalue weighted by Gasteiger charge is 2.80. The number of hydrogen-bond acceptors (Lipinski definition) is 10. The number of epoxide rings is 1. The molecule has 5 fully saturated rings. The fraction of sp³-hybridized carbons (Fsp3) is 0.889. The van der Waals surface area contributed by atoms with Crippen LogP contribution in [0.15, 0.2) is 0 Å². The minimum Gasteiger partial charge on any atom is -0.465 e. The highest BCUT2D eigenvalue weighted by molar-refractivity contribution is 5.67. The van der Waals surface area contributed by atoms with Crippen molar-refractivity contribution in [2.24, 2.45) is 28.6 Å². The van der Waals surface area contributed by atoms with Gasteiger partial charge in [0.25, 0.3) is 0 Å². The van der Waals surface area contributed by atoms with Gasteiger partial charge in [0.15, 0.2) is 12.6 Å². The number of hydrogen-bond donors (Lipinski definition) is 0. The van der Waals surface area contributed by atoms with Crippen molar-refractivity contribution in [3.05, 3.63) is 0 Å². The van der Waals surface area contributed by atoms with Gasteiger partial charge in [0.1, 0.15) is 24.4 Å². The Balaban J connectivity index is 1.57. The lowest BCUT2D eigenvalue weighted by Gasteiger charge is -2.64. The molecule has 0 aromatic heterocycles. The van der Waals surface area contributed by atoms with Crippen LogP contribution in [-0.4, -0.2) is 74.7 Å². The molecule has 0 N–H and O–H groups in total. The zero-order valence-corrected chi connectivity index (χ0v) is 22.7. The van der Waals surface area contributed by atoms with Crippen LogP contribution >= 0.6 is 0 Å². The van der Waals surface area contributed by atoms with Crippen molar-refractivity contribution in [3.8, 4) is 0 Å². The van der Waals surface area contributed by atoms with Crippen LogP contribution in [0.1, 0.15) is 66.7 Å². The molecule has 2 saturated carbocycles. The summed E-state index contributed by atoms with van der Waals surface area (Å²) in [6, 6.07) is 0. The highest BCUT2D eigenvalue weighted by atomic mass is 16.8. The second-order valence-electron chi connectivity index (χ2n) is 11.9. The number of methoxy groups -OCH3 is 1. The van der Waals surface area contributed by atoms with Gasteiger partial charge in [-0.1, -0.05) is 13.8 Å². The van der Waals surface area contributed by atoms with Crippen molar-refractivity contribution in [3.63, 3.8) is 0 Å². The predicted molar refractivity (Wildman–Crippen MR) is 127 cm³/mol. The van der Waals surface area contributed by atoms with Gasteiger partial charge < -0.3 is 33.2 Å². The Morgan fingerprint density at radius 1 is 0.919 bits per heavy atom. The van der Waals surface area contributed by atoms with Gasteiger partial charge in [0.2, 0.25) is 0 Å². The number of fused-ring (bicyclic) bond motifs is 3. The smallest absolute Gasteiger partial charge is 0.303 e. The normalized spacial score (nSPS) is 48.2. The van der Waals surface area contributed by atoms with Crippen molar-refractivity contribution < 1.29 is 47.5 Å². The second-order valence-corrected chi connectivity index (χ2v) is 11.9. The third-order valence-corrected chi connectivity index (χ3v) is 10.1. The third-order valence-electron chi connectivity index (χ3n) is 10.1. The Morgan fingerprint density at radius 2 is 1.59 bits per heavy atom. The maximum Gasteiger partial charge on any atom is 0.303 e. The van der Waals surface area contributed by atoms with Gasteiger partial charge in [-0.3, -0.25) is 14.4 Å². The van der Waals surface area contributed by atoms with Crippen molar-refractivity contribution in [2.45, 2.75) is 103 Å². The molecule has 5 rings (SSSR count). The molecule has 11 atom stereocenters. The molecule has 10 heteroatoms. The van der Waals surface area contributed by atoms with E-state index in [0.717, 1.165) is 12.8 Å². The van der Waals surface area contributed by atoms with Crippen molar-refractivity contribution in [1.29, 1.82) is 0 Å². The molecular formula is C27H40O10. The monoisotopic (exact) mass is 524 g/mol. The Bertz CT molecular complexity index is 918. The lowest BCUT2D eigenvalue weighted by atomic mass is 9.42. The second kappa shape index (κ2) is 9.47. The van der Waals surface area contributed by atoms with Crippen LogP contribution in [0.3, 0.4) is 0 Å². The summed E-state index contributed by atoms with van der Waals surface area (Å²) in [7, 11) is 1.64. The van der Waals surface area contributed by atoms with Gasteiger partial charge in [0, 0.05) is 45.6 Å². The van der Waals surface area contributed by atoms with Crippen molar-refractivity contribution in [1.82, 2.24) is 0 Å². The van der Waals surface area contributed by atoms with E-state index in [2.05, 4.69) is 13.8 Å². The van der Waals surface area contributed by atoms with Crippen LogP contribution in [0.4, 0.5) is 0 Å². The quantitative estimate of drug-likeness (QED) is 0.291. The maximum absolute atomic E-state index is 12.4. The van der Waals surface area contributed by atoms with E-state index in [-0.39, 0.29) is 48.5 Å². The molecule has 0 aromatic rings. The topological polar surface area (TPSA) is 119 Å². The summed E-state index contributed by atoms with van der Waals surface area (Å²) in [6.07, 6.45) is 1.63. The van der Waals surface area contributed by atoms with Gasteiger partial charge in [0.05, 0.1) is 18.1 Å². The largest absolute Gasteiger partial charge is 0.465 e. The van der Waals surface area contributed by atoms with Crippen LogP contribution < -0.4 is 0 Å². The molecule has 3 heterocycles. The zero-order valence-electron chi connectivity index (χ0n) is 22.7. The molecule has 0 amide bonds. The highest BCUT2D eigenvalue weighted by Crippen LogP contribution is 2.70. The summed E-state index contributed by atoms with van der Waals surface area (Å²) >= 11 is 0. The summed E-state index contributed by atoms with van der Waals surface area (Å²) in [5.74, 6) is -0.964. The standard InChI is InChI=1S/C27H40O10/c1-14-9-22(35-17(4)30)26(12-32-15(2)28)19(7-8-20(34-16(3)29)27(26)13-33-27)25(14,5)21-10-18-11-23(31-6)37-24(18)36-21/h14,18-24H,7-13H2,1-6H3/t14-,18+,19-,20+,21+,22+,23-,24+,25+,26+,27-/m1/s1. The molecule has 0 aromatic carbocycles. The van der Waals surface area contributed by atoms with Crippen molar-refractivity contribution >= 4 is 17.9 Å². The Labute approximate surface area is 217 Å². The summed E-state index contributed by atoms with van der Waals surface area (Å²) in [6.45, 7) is 8.92. The molecule has 3 aliphatic heterocycles. The van der Waals surface area contributed by atoms with Crippen LogP contribution in [-0.2, 0) is 47.5 Å². The summed E-state index contributed by atoms with van der Waals surface area (Å²) < 4.78 is 41.8. The fourth-order valence-corrected chi connectivity index (χ4v) is 8.28. The SMILES string of the molecule is CO[C@H]1C[C@@H]2C[C@@H]([C@@]3(C)[C@H](C)C[C@H](OC(C)=O)[C@]4(COC(C)=O)[C@@H]3CC[C@H](OC(C)=O)[C@]43CO3)O[C@H]2O1. The first-order valence-electron chi connectivity index (χ1n) is 13.4. The van der Waals surface area contributed by atoms with Crippen molar-refractivity contribution in [2.75, 3.05) is 20.3 Å². The van der Waals surface area contributed by atoms with E-state index in [1.165, 1.54) is 20.8 Å². The molecule has 3 saturated heterocycles. The molecule has 2 aliphatic carbocycles. The molecule has 37 heavy (non-hydrogen) atoms. The van der Waals surface area contributed by atoms with E-state index in [1.54, 1.807) is 7.11 Å². The van der Waals surface area contributed by atoms with Crippen LogP contribution in [0.5, 0.6) is 0 Å². The number of carbonyl (C=O) groups is 3. The van der Waals surface area contributed by atoms with E-state index >= 15 is 0 Å². The van der Waals surface area contributed by atoms with E-state index < -0.39 is 41.1 Å². The first-order chi connectivity index (χ1) is 17.5. The number of esters is 3. The van der Waals surface area contributed by atoms with Gasteiger partial charge in [-0.15, -0.1) is 0 Å². The zero-order chi connectivity index (χ0) is 26.8. The molecule has 5 aliphatic rings. The van der Waals surface area contributed by atoms with Gasteiger partial charge in [-0.05, 0) is 37.5 Å². The first-order valence-corrected chi connectivity index (χ1v) is 13.4. The van der Waals surface area contributed by atoms with Gasteiger partial charge >= 0.3 is 17.9 Å². The van der Waals surface area contributed by atoms with Crippen LogP contribution in [0.2, 0.25) is 0 Å². The summed E-state index contributed by atoms with van der Waals surface area (Å²) in [5, 5.41) is 0. The van der Waals surface area contributed by atoms with Crippen LogP contribution in [0, 0.1) is 28.6 Å². The summed E-state index contributed by atoms with van der Waals surface area (Å²) in [5.41, 5.74) is -2.18. The average Bonchev–Trinajstić information content (AvgIpc) is 3.36. The summed E-state index contributed by atoms with van der Waals surface area (Å²) in [4.78, 5) is 36.6. The van der Waals surface area contributed by atoms with Gasteiger partial charge in [-0.2, -0.15) is 0 Å². The Morgan fingerprint density at radius 3 is 2.16 bits per heavy atom. The number of carbonyl (C=O) groups excluding carboxylic acids is 3. The van der Waals surface area contributed by atoms with E-state index in [0.29, 0.717) is 25.9 Å². The molecule has 1 spiro atoms. The lowest BCUT2D eigenvalue weighted by Crippen LogP contribution is -2.72. The molecule has 10 nitrogen and oxygen atoms in total. The molecule has 0 radical (unpaired) electrons. The van der Waals surface area contributed by atoms with E-state index in [4.69, 9.17) is 33.2 Å². The van der Waals surface area contributed by atoms with E-state index in [1.807, 2.05) is 0 Å². The molecule has 0 bridgehead atoms. The molecule has 0 unspecified atom stereocenters. The molecule has 208 valence electrons. The van der Waals surface area contributed by atoms with Crippen LogP contribution in [0.25, 0.3) is 0 Å². The number of ether oxygens (including phenoxy) is 7. The number of rotatable bonds is 6. The predicted octanol–water partition coefficient (Wildman–Crippen LogP) is 2.75. The minimum absolute atomic E-state index is 0.00679. The van der Waals surface area contributed by atoms with Gasteiger partial charge in [-0.25, -0.2) is 0 Å². The van der Waals surface area contributed by atoms with E-state index in [9.17, 15) is 14.4 Å². The average molecular weight is 525 g/mol. The minimum atomic E-state index is -0.912. The lowest BCUT2D eigenvalue weighted by molar-refractivity contribution is -0.276. The first kappa shape index (κ1) is 26.8.